The molecule has 1 heterocycles. The highest BCUT2D eigenvalue weighted by Gasteiger charge is 2.11. The van der Waals surface area contributed by atoms with Crippen LogP contribution in [-0.2, 0) is 22.7 Å². The Morgan fingerprint density at radius 1 is 0.758 bits per heavy atom. The smallest absolute Gasteiger partial charge is 0.257 e. The van der Waals surface area contributed by atoms with Crippen LogP contribution in [0, 0.1) is 0 Å². The van der Waals surface area contributed by atoms with Crippen LogP contribution >= 0.6 is 23.1 Å². The number of hydrogen-bond acceptors (Lipinski definition) is 6. The number of rotatable bonds is 9. The summed E-state index contributed by atoms with van der Waals surface area (Å²) < 4.78 is 0. The number of anilines is 2. The largest absolute Gasteiger partial charge is 0.326 e. The Morgan fingerprint density at radius 3 is 2.12 bits per heavy atom. The first-order chi connectivity index (χ1) is 16.2. The van der Waals surface area contributed by atoms with E-state index in [2.05, 4.69) is 33.0 Å². The van der Waals surface area contributed by atoms with Crippen molar-refractivity contribution in [1.29, 1.82) is 0 Å². The second-order valence-electron chi connectivity index (χ2n) is 7.22. The molecule has 8 heteroatoms. The third-order valence-corrected chi connectivity index (χ3v) is 6.70. The highest BCUT2D eigenvalue weighted by Crippen LogP contribution is 2.23. The molecule has 0 aliphatic carbocycles. The van der Waals surface area contributed by atoms with Crippen molar-refractivity contribution in [1.82, 2.24) is 10.2 Å². The molecule has 0 unspecified atom stereocenters. The van der Waals surface area contributed by atoms with Crippen molar-refractivity contribution < 1.29 is 9.59 Å². The molecule has 1 aromatic heterocycles. The summed E-state index contributed by atoms with van der Waals surface area (Å²) in [4.78, 5) is 24.7. The van der Waals surface area contributed by atoms with Crippen LogP contribution in [0.1, 0.15) is 26.5 Å². The van der Waals surface area contributed by atoms with E-state index in [1.54, 1.807) is 36.0 Å². The van der Waals surface area contributed by atoms with Gasteiger partial charge >= 0.3 is 0 Å². The number of thioether (sulfide) groups is 1. The highest BCUT2D eigenvalue weighted by molar-refractivity contribution is 7.97. The summed E-state index contributed by atoms with van der Waals surface area (Å²) in [6.07, 6.45) is 0.298. The van der Waals surface area contributed by atoms with Gasteiger partial charge in [-0.05, 0) is 35.4 Å². The topological polar surface area (TPSA) is 84.0 Å². The minimum Gasteiger partial charge on any atom is -0.326 e. The summed E-state index contributed by atoms with van der Waals surface area (Å²) in [7, 11) is 0. The van der Waals surface area contributed by atoms with E-state index in [1.807, 2.05) is 48.5 Å². The van der Waals surface area contributed by atoms with Gasteiger partial charge in [0.05, 0.1) is 6.42 Å². The standard InChI is InChI=1S/C25H22N4O2S2/c30-22(15-18-7-3-1-4-8-18)26-21-13-11-20(12-14-21)24(31)27-25-29-28-23(33-25)17-32-16-19-9-5-2-6-10-19/h1-14H,15-17H2,(H,26,30)(H,27,29,31). The lowest BCUT2D eigenvalue weighted by Gasteiger charge is -2.07. The second kappa shape index (κ2) is 11.4. The third kappa shape index (κ3) is 7.00. The molecule has 0 saturated heterocycles. The van der Waals surface area contributed by atoms with Crippen molar-refractivity contribution in [3.8, 4) is 0 Å². The predicted octanol–water partition coefficient (Wildman–Crippen LogP) is 5.41. The molecule has 2 N–H and O–H groups in total. The fourth-order valence-electron chi connectivity index (χ4n) is 3.05. The molecule has 0 spiro atoms. The molecule has 0 bridgehead atoms. The summed E-state index contributed by atoms with van der Waals surface area (Å²) in [5.74, 6) is 1.26. The molecule has 0 saturated carbocycles. The maximum absolute atomic E-state index is 12.5. The van der Waals surface area contributed by atoms with E-state index in [0.29, 0.717) is 22.8 Å². The van der Waals surface area contributed by atoms with Crippen LogP contribution in [0.15, 0.2) is 84.9 Å². The van der Waals surface area contributed by atoms with Gasteiger partial charge in [-0.15, -0.1) is 22.0 Å². The summed E-state index contributed by atoms with van der Waals surface area (Å²) in [5, 5.41) is 15.2. The summed E-state index contributed by atoms with van der Waals surface area (Å²) >= 11 is 3.13. The number of amides is 2. The molecule has 6 nitrogen and oxygen atoms in total. The van der Waals surface area contributed by atoms with Crippen molar-refractivity contribution in [3.05, 3.63) is 107 Å². The monoisotopic (exact) mass is 474 g/mol. The Bertz CT molecular complexity index is 1200. The zero-order valence-corrected chi connectivity index (χ0v) is 19.4. The van der Waals surface area contributed by atoms with E-state index in [0.717, 1.165) is 22.1 Å². The van der Waals surface area contributed by atoms with Crippen LogP contribution in [0.25, 0.3) is 0 Å². The molecular formula is C25H22N4O2S2. The number of aromatic nitrogens is 2. The minimum absolute atomic E-state index is 0.107. The Kier molecular flexibility index (Phi) is 7.84. The Balaban J connectivity index is 1.25. The lowest BCUT2D eigenvalue weighted by atomic mass is 10.1. The summed E-state index contributed by atoms with van der Waals surface area (Å²) in [6.45, 7) is 0. The Morgan fingerprint density at radius 2 is 1.42 bits per heavy atom. The maximum atomic E-state index is 12.5. The van der Waals surface area contributed by atoms with Gasteiger partial charge in [0.1, 0.15) is 5.01 Å². The molecule has 0 aliphatic rings. The van der Waals surface area contributed by atoms with Crippen molar-refractivity contribution in [2.45, 2.75) is 17.9 Å². The van der Waals surface area contributed by atoms with Crippen LogP contribution in [0.2, 0.25) is 0 Å². The first-order valence-corrected chi connectivity index (χ1v) is 12.3. The van der Waals surface area contributed by atoms with Gasteiger partial charge in [0, 0.05) is 22.8 Å². The van der Waals surface area contributed by atoms with E-state index >= 15 is 0 Å². The number of carbonyl (C=O) groups excluding carboxylic acids is 2. The minimum atomic E-state index is -0.267. The Hall–Kier alpha value is -3.49. The molecule has 33 heavy (non-hydrogen) atoms. The molecule has 4 rings (SSSR count). The van der Waals surface area contributed by atoms with Gasteiger partial charge < -0.3 is 5.32 Å². The highest BCUT2D eigenvalue weighted by atomic mass is 32.2. The number of carbonyl (C=O) groups is 2. The van der Waals surface area contributed by atoms with E-state index < -0.39 is 0 Å². The van der Waals surface area contributed by atoms with Gasteiger partial charge in [0.15, 0.2) is 0 Å². The van der Waals surface area contributed by atoms with Crippen LogP contribution < -0.4 is 10.6 Å². The quantitative estimate of drug-likeness (QED) is 0.339. The van der Waals surface area contributed by atoms with Gasteiger partial charge in [-0.3, -0.25) is 14.9 Å². The average molecular weight is 475 g/mol. The van der Waals surface area contributed by atoms with Gasteiger partial charge in [-0.1, -0.05) is 72.0 Å². The molecule has 2 amide bonds. The molecule has 0 atom stereocenters. The van der Waals surface area contributed by atoms with E-state index in [-0.39, 0.29) is 11.8 Å². The zero-order valence-electron chi connectivity index (χ0n) is 17.7. The maximum Gasteiger partial charge on any atom is 0.257 e. The van der Waals surface area contributed by atoms with Crippen LogP contribution in [0.4, 0.5) is 10.8 Å². The van der Waals surface area contributed by atoms with Gasteiger partial charge in [-0.25, -0.2) is 0 Å². The van der Waals surface area contributed by atoms with E-state index in [1.165, 1.54) is 16.9 Å². The molecular weight excluding hydrogens is 452 g/mol. The predicted molar refractivity (Wildman–Crippen MR) is 135 cm³/mol. The van der Waals surface area contributed by atoms with Gasteiger partial charge in [0.2, 0.25) is 11.0 Å². The first kappa shape index (κ1) is 22.7. The Labute approximate surface area is 200 Å². The van der Waals surface area contributed by atoms with E-state index in [9.17, 15) is 9.59 Å². The SMILES string of the molecule is O=C(Cc1ccccc1)Nc1ccc(C(=O)Nc2nnc(CSCc3ccccc3)s2)cc1. The zero-order chi connectivity index (χ0) is 22.9. The van der Waals surface area contributed by atoms with Gasteiger partial charge in [0.25, 0.3) is 5.91 Å². The average Bonchev–Trinajstić information content (AvgIpc) is 3.28. The number of nitrogens with one attached hydrogen (secondary N) is 2. The van der Waals surface area contributed by atoms with Crippen molar-refractivity contribution in [2.75, 3.05) is 10.6 Å². The molecule has 0 fully saturated rings. The van der Waals surface area contributed by atoms with Crippen molar-refractivity contribution in [3.63, 3.8) is 0 Å². The number of benzene rings is 3. The molecule has 0 radical (unpaired) electrons. The molecule has 3 aromatic carbocycles. The number of hydrogen-bond donors (Lipinski definition) is 2. The van der Waals surface area contributed by atoms with Crippen molar-refractivity contribution >= 4 is 45.7 Å². The molecule has 0 aliphatic heterocycles. The van der Waals surface area contributed by atoms with Crippen molar-refractivity contribution in [2.24, 2.45) is 0 Å². The number of nitrogens with zero attached hydrogens (tertiary/aromatic N) is 2. The third-order valence-electron chi connectivity index (χ3n) is 4.66. The lowest BCUT2D eigenvalue weighted by molar-refractivity contribution is -0.115. The molecule has 166 valence electrons. The normalized spacial score (nSPS) is 10.5. The lowest BCUT2D eigenvalue weighted by Crippen LogP contribution is -2.15. The van der Waals surface area contributed by atoms with Crippen LogP contribution in [0.5, 0.6) is 0 Å². The first-order valence-electron chi connectivity index (χ1n) is 10.3. The van der Waals surface area contributed by atoms with Crippen LogP contribution in [-0.4, -0.2) is 22.0 Å². The fraction of sp³-hybridized carbons (Fsp3) is 0.120. The summed E-state index contributed by atoms with van der Waals surface area (Å²) in [5.41, 5.74) is 3.33. The summed E-state index contributed by atoms with van der Waals surface area (Å²) in [6, 6.07) is 26.6. The molecule has 4 aromatic rings. The van der Waals surface area contributed by atoms with E-state index in [4.69, 9.17) is 0 Å². The van der Waals surface area contributed by atoms with Crippen LogP contribution in [0.3, 0.4) is 0 Å². The second-order valence-corrected chi connectivity index (χ2v) is 9.27. The fourth-order valence-corrected chi connectivity index (χ4v) is 4.83. The van der Waals surface area contributed by atoms with Gasteiger partial charge in [-0.2, -0.15) is 0 Å².